The van der Waals surface area contributed by atoms with Crippen LogP contribution >= 0.6 is 22.9 Å². The number of carbonyl (C=O) groups is 2. The van der Waals surface area contributed by atoms with Crippen molar-refractivity contribution in [1.29, 1.82) is 0 Å². The topological polar surface area (TPSA) is 66.8 Å². The number of Topliss-reactive ketones (excluding diaryl/α,β-unsaturated/α-hetero) is 1. The van der Waals surface area contributed by atoms with Gasteiger partial charge < -0.3 is 14.7 Å². The Bertz CT molecular complexity index is 876. The molecule has 1 saturated heterocycles. The highest BCUT2D eigenvalue weighted by atomic mass is 35.5. The van der Waals surface area contributed by atoms with Crippen molar-refractivity contribution in [2.24, 2.45) is 0 Å². The Morgan fingerprint density at radius 2 is 2.12 bits per heavy atom. The Hall–Kier alpha value is -2.31. The summed E-state index contributed by atoms with van der Waals surface area (Å²) in [5.74, 6) is -1.11. The van der Waals surface area contributed by atoms with Crippen LogP contribution in [-0.2, 0) is 9.59 Å². The maximum absolute atomic E-state index is 12.7. The predicted molar refractivity (Wildman–Crippen MR) is 102 cm³/mol. The van der Waals surface area contributed by atoms with E-state index in [-0.39, 0.29) is 11.3 Å². The quantitative estimate of drug-likeness (QED) is 0.470. The molecule has 0 spiro atoms. The fraction of sp³-hybridized carbons (Fsp3) is 0.263. The van der Waals surface area contributed by atoms with Crippen LogP contribution in [0.5, 0.6) is 5.75 Å². The van der Waals surface area contributed by atoms with Crippen molar-refractivity contribution >= 4 is 40.4 Å². The van der Waals surface area contributed by atoms with Gasteiger partial charge in [0.25, 0.3) is 11.7 Å². The van der Waals surface area contributed by atoms with Crippen LogP contribution in [0.15, 0.2) is 41.3 Å². The monoisotopic (exact) mass is 391 g/mol. The number of ether oxygens (including phenoxy) is 1. The first kappa shape index (κ1) is 18.5. The average Bonchev–Trinajstić information content (AvgIpc) is 3.24. The summed E-state index contributed by atoms with van der Waals surface area (Å²) in [5, 5.41) is 13.1. The summed E-state index contributed by atoms with van der Waals surface area (Å²) in [6.07, 6.45) is 0.712. The molecule has 136 valence electrons. The second-order valence-electron chi connectivity index (χ2n) is 5.86. The number of halogens is 1. The number of thiophene rings is 1. The van der Waals surface area contributed by atoms with Gasteiger partial charge in [-0.05, 0) is 36.1 Å². The summed E-state index contributed by atoms with van der Waals surface area (Å²) in [6.45, 7) is 2.38. The zero-order chi connectivity index (χ0) is 18.8. The minimum absolute atomic E-state index is 0.0928. The van der Waals surface area contributed by atoms with E-state index in [4.69, 9.17) is 16.3 Å². The third-order valence-corrected chi connectivity index (χ3v) is 5.48. The average molecular weight is 392 g/mol. The first-order valence-corrected chi connectivity index (χ1v) is 9.41. The second kappa shape index (κ2) is 7.51. The van der Waals surface area contributed by atoms with Crippen LogP contribution in [0.3, 0.4) is 0 Å². The maximum Gasteiger partial charge on any atom is 0.295 e. The molecule has 1 amide bonds. The predicted octanol–water partition coefficient (Wildman–Crippen LogP) is 4.24. The number of likely N-dealkylation sites (tertiary alicyclic amines) is 1. The van der Waals surface area contributed by atoms with Crippen molar-refractivity contribution < 1.29 is 19.4 Å². The third kappa shape index (κ3) is 3.10. The normalized spacial score (nSPS) is 19.2. The van der Waals surface area contributed by atoms with Gasteiger partial charge in [0.2, 0.25) is 0 Å². The van der Waals surface area contributed by atoms with E-state index in [0.29, 0.717) is 29.3 Å². The number of hydrogen-bond acceptors (Lipinski definition) is 5. The number of carbonyl (C=O) groups excluding carboxylic acids is 2. The number of benzene rings is 1. The van der Waals surface area contributed by atoms with Crippen LogP contribution in [0, 0.1) is 0 Å². The number of nitrogens with zero attached hydrogens (tertiary/aromatic N) is 1. The number of hydrogen-bond donors (Lipinski definition) is 1. The van der Waals surface area contributed by atoms with E-state index in [1.54, 1.807) is 18.2 Å². The standard InChI is InChI=1S/C19H18ClNO4S/c1-3-8-21-16(14-5-4-9-26-14)15(18(23)19(21)24)17(22)11-6-7-12(20)13(10-11)25-2/h4-7,9-10,16,22H,3,8H2,1-2H3/b17-15-. The molecule has 0 bridgehead atoms. The molecule has 0 aliphatic carbocycles. The Morgan fingerprint density at radius 3 is 2.73 bits per heavy atom. The summed E-state index contributed by atoms with van der Waals surface area (Å²) >= 11 is 7.48. The van der Waals surface area contributed by atoms with Gasteiger partial charge in [-0.25, -0.2) is 0 Å². The Morgan fingerprint density at radius 1 is 1.35 bits per heavy atom. The van der Waals surface area contributed by atoms with Gasteiger partial charge in [-0.3, -0.25) is 9.59 Å². The molecule has 0 saturated carbocycles. The third-order valence-electron chi connectivity index (χ3n) is 4.24. The molecule has 5 nitrogen and oxygen atoms in total. The van der Waals surface area contributed by atoms with E-state index in [0.717, 1.165) is 4.88 Å². The van der Waals surface area contributed by atoms with Crippen LogP contribution < -0.4 is 4.74 Å². The summed E-state index contributed by atoms with van der Waals surface area (Å²) < 4.78 is 5.18. The lowest BCUT2D eigenvalue weighted by atomic mass is 9.99. The van der Waals surface area contributed by atoms with Crippen LogP contribution in [-0.4, -0.2) is 35.4 Å². The lowest BCUT2D eigenvalue weighted by molar-refractivity contribution is -0.139. The van der Waals surface area contributed by atoms with Crippen LogP contribution in [0.4, 0.5) is 0 Å². The molecule has 1 N–H and O–H groups in total. The molecule has 0 radical (unpaired) electrons. The SMILES string of the molecule is CCCN1C(=O)C(=O)/C(=C(\O)c2ccc(Cl)c(OC)c2)C1c1cccs1. The minimum Gasteiger partial charge on any atom is -0.507 e. The Kier molecular flexibility index (Phi) is 5.34. The van der Waals surface area contributed by atoms with E-state index in [1.165, 1.54) is 23.3 Å². The van der Waals surface area contributed by atoms with Gasteiger partial charge in [0.15, 0.2) is 0 Å². The minimum atomic E-state index is -0.678. The zero-order valence-corrected chi connectivity index (χ0v) is 15.9. The second-order valence-corrected chi connectivity index (χ2v) is 7.24. The van der Waals surface area contributed by atoms with E-state index in [9.17, 15) is 14.7 Å². The van der Waals surface area contributed by atoms with Gasteiger partial charge in [0.05, 0.1) is 23.7 Å². The number of amides is 1. The summed E-state index contributed by atoms with van der Waals surface area (Å²) in [6, 6.07) is 7.86. The van der Waals surface area contributed by atoms with Gasteiger partial charge in [-0.2, -0.15) is 0 Å². The van der Waals surface area contributed by atoms with Crippen molar-refractivity contribution in [3.63, 3.8) is 0 Å². The summed E-state index contributed by atoms with van der Waals surface area (Å²) in [7, 11) is 1.47. The molecular weight excluding hydrogens is 374 g/mol. The van der Waals surface area contributed by atoms with Gasteiger partial charge in [0, 0.05) is 17.0 Å². The number of methoxy groups -OCH3 is 1. The smallest absolute Gasteiger partial charge is 0.295 e. The molecule has 2 heterocycles. The molecule has 1 fully saturated rings. The molecule has 1 aliphatic heterocycles. The van der Waals surface area contributed by atoms with Crippen molar-refractivity contribution in [1.82, 2.24) is 4.90 Å². The lowest BCUT2D eigenvalue weighted by Crippen LogP contribution is -2.30. The first-order chi connectivity index (χ1) is 12.5. The molecule has 2 aromatic rings. The molecule has 1 aromatic carbocycles. The molecule has 26 heavy (non-hydrogen) atoms. The van der Waals surface area contributed by atoms with Crippen molar-refractivity contribution in [2.45, 2.75) is 19.4 Å². The summed E-state index contributed by atoms with van der Waals surface area (Å²) in [5.41, 5.74) is 0.470. The fourth-order valence-corrected chi connectivity index (χ4v) is 4.10. The number of aliphatic hydroxyl groups excluding tert-OH is 1. The van der Waals surface area contributed by atoms with Gasteiger partial charge in [0.1, 0.15) is 11.5 Å². The van der Waals surface area contributed by atoms with Crippen molar-refractivity contribution in [3.8, 4) is 5.75 Å². The molecule has 1 aliphatic rings. The van der Waals surface area contributed by atoms with Crippen molar-refractivity contribution in [3.05, 3.63) is 56.7 Å². The van der Waals surface area contributed by atoms with E-state index >= 15 is 0 Å². The molecule has 3 rings (SSSR count). The van der Waals surface area contributed by atoms with E-state index < -0.39 is 17.7 Å². The highest BCUT2D eigenvalue weighted by Gasteiger charge is 2.46. The Labute approximate surface area is 160 Å². The fourth-order valence-electron chi connectivity index (χ4n) is 3.06. The molecule has 1 atom stereocenters. The molecular formula is C19H18ClNO4S. The van der Waals surface area contributed by atoms with Crippen LogP contribution in [0.25, 0.3) is 5.76 Å². The van der Waals surface area contributed by atoms with Gasteiger partial charge in [-0.15, -0.1) is 11.3 Å². The van der Waals surface area contributed by atoms with Crippen LogP contribution in [0.1, 0.15) is 29.8 Å². The highest BCUT2D eigenvalue weighted by molar-refractivity contribution is 7.10. The Balaban J connectivity index is 2.17. The summed E-state index contributed by atoms with van der Waals surface area (Å²) in [4.78, 5) is 27.5. The largest absolute Gasteiger partial charge is 0.507 e. The number of ketones is 1. The van der Waals surface area contributed by atoms with Crippen LogP contribution in [0.2, 0.25) is 5.02 Å². The molecule has 7 heteroatoms. The van der Waals surface area contributed by atoms with Gasteiger partial charge in [-0.1, -0.05) is 24.6 Å². The molecule has 1 aromatic heterocycles. The maximum atomic E-state index is 12.7. The molecule has 1 unspecified atom stereocenters. The lowest BCUT2D eigenvalue weighted by Gasteiger charge is -2.23. The zero-order valence-electron chi connectivity index (χ0n) is 14.4. The van der Waals surface area contributed by atoms with Crippen molar-refractivity contribution in [2.75, 3.05) is 13.7 Å². The highest BCUT2D eigenvalue weighted by Crippen LogP contribution is 2.41. The number of rotatable bonds is 5. The first-order valence-electron chi connectivity index (χ1n) is 8.15. The number of aliphatic hydroxyl groups is 1. The van der Waals surface area contributed by atoms with E-state index in [2.05, 4.69) is 0 Å². The van der Waals surface area contributed by atoms with E-state index in [1.807, 2.05) is 24.4 Å². The van der Waals surface area contributed by atoms with Gasteiger partial charge >= 0.3 is 0 Å².